The Morgan fingerprint density at radius 1 is 0.806 bits per heavy atom. The van der Waals surface area contributed by atoms with E-state index in [0.717, 1.165) is 42.5 Å². The highest BCUT2D eigenvalue weighted by Gasteiger charge is 2.05. The summed E-state index contributed by atoms with van der Waals surface area (Å²) in [6, 6.07) is 13.4. The van der Waals surface area contributed by atoms with Crippen LogP contribution in [0.5, 0.6) is 5.75 Å². The molecule has 2 aromatic rings. The Bertz CT molecular complexity index is 883. The van der Waals surface area contributed by atoms with Crippen molar-refractivity contribution in [2.24, 2.45) is 0 Å². The first kappa shape index (κ1) is 23.7. The number of hydrogen-bond acceptors (Lipinski definition) is 6. The number of unbranched alkanes of at least 4 members (excludes halogenated alkanes) is 3. The SMILES string of the molecule is C=CC(=O)OCCOC(=O)NCCCCCCNC(=O)Oc1ccc2ccccc2c1. The Hall–Kier alpha value is -3.55. The molecule has 2 aromatic carbocycles. The summed E-state index contributed by atoms with van der Waals surface area (Å²) in [5.74, 6) is -0.0477. The Morgan fingerprint density at radius 2 is 1.45 bits per heavy atom. The molecule has 0 aliphatic rings. The predicted octanol–water partition coefficient (Wildman–Crippen LogP) is 3.94. The van der Waals surface area contributed by atoms with Crippen molar-refractivity contribution >= 4 is 28.9 Å². The Labute approximate surface area is 181 Å². The molecule has 166 valence electrons. The average Bonchev–Trinajstić information content (AvgIpc) is 2.78. The number of amides is 2. The normalized spacial score (nSPS) is 10.2. The van der Waals surface area contributed by atoms with E-state index < -0.39 is 18.2 Å². The molecule has 0 fully saturated rings. The van der Waals surface area contributed by atoms with Crippen LogP contribution in [0.1, 0.15) is 25.7 Å². The van der Waals surface area contributed by atoms with Crippen molar-refractivity contribution in [3.63, 3.8) is 0 Å². The average molecular weight is 428 g/mol. The third-order valence-corrected chi connectivity index (χ3v) is 4.30. The first-order chi connectivity index (χ1) is 15.1. The van der Waals surface area contributed by atoms with Crippen LogP contribution in [0.15, 0.2) is 55.1 Å². The Balaban J connectivity index is 1.46. The van der Waals surface area contributed by atoms with Crippen molar-refractivity contribution in [3.05, 3.63) is 55.1 Å². The van der Waals surface area contributed by atoms with Gasteiger partial charge in [0.05, 0.1) is 0 Å². The monoisotopic (exact) mass is 428 g/mol. The van der Waals surface area contributed by atoms with Gasteiger partial charge in [-0.2, -0.15) is 0 Å². The second-order valence-corrected chi connectivity index (χ2v) is 6.67. The van der Waals surface area contributed by atoms with Crippen LogP contribution in [-0.2, 0) is 14.3 Å². The quantitative estimate of drug-likeness (QED) is 0.302. The maximum Gasteiger partial charge on any atom is 0.412 e. The van der Waals surface area contributed by atoms with Crippen molar-refractivity contribution in [2.75, 3.05) is 26.3 Å². The molecule has 8 heteroatoms. The molecule has 0 bridgehead atoms. The lowest BCUT2D eigenvalue weighted by molar-refractivity contribution is -0.138. The molecule has 0 unspecified atom stereocenters. The van der Waals surface area contributed by atoms with Gasteiger partial charge in [0.1, 0.15) is 19.0 Å². The van der Waals surface area contributed by atoms with Crippen LogP contribution in [-0.4, -0.2) is 44.5 Å². The lowest BCUT2D eigenvalue weighted by Crippen LogP contribution is -2.28. The molecule has 0 aliphatic heterocycles. The summed E-state index contributed by atoms with van der Waals surface area (Å²) in [5, 5.41) is 7.46. The van der Waals surface area contributed by atoms with E-state index >= 15 is 0 Å². The summed E-state index contributed by atoms with van der Waals surface area (Å²) in [6.45, 7) is 4.26. The van der Waals surface area contributed by atoms with Crippen LogP contribution in [0.25, 0.3) is 10.8 Å². The predicted molar refractivity (Wildman–Crippen MR) is 117 cm³/mol. The van der Waals surface area contributed by atoms with Crippen molar-refractivity contribution < 1.29 is 28.6 Å². The van der Waals surface area contributed by atoms with Crippen molar-refractivity contribution in [2.45, 2.75) is 25.7 Å². The van der Waals surface area contributed by atoms with Gasteiger partial charge in [-0.3, -0.25) is 0 Å². The lowest BCUT2D eigenvalue weighted by atomic mass is 10.1. The molecule has 0 saturated carbocycles. The molecule has 0 radical (unpaired) electrons. The molecular formula is C23H28N2O6. The van der Waals surface area contributed by atoms with E-state index in [-0.39, 0.29) is 13.2 Å². The van der Waals surface area contributed by atoms with Crippen molar-refractivity contribution in [3.8, 4) is 5.75 Å². The van der Waals surface area contributed by atoms with Crippen LogP contribution >= 0.6 is 0 Å². The van der Waals surface area contributed by atoms with Crippen molar-refractivity contribution in [1.29, 1.82) is 0 Å². The fourth-order valence-corrected chi connectivity index (χ4v) is 2.75. The van der Waals surface area contributed by atoms with Gasteiger partial charge >= 0.3 is 18.2 Å². The third-order valence-electron chi connectivity index (χ3n) is 4.30. The molecule has 0 atom stereocenters. The number of carbonyl (C=O) groups excluding carboxylic acids is 3. The van der Waals surface area contributed by atoms with Gasteiger partial charge in [0.15, 0.2) is 0 Å². The van der Waals surface area contributed by atoms with Gasteiger partial charge in [0.2, 0.25) is 0 Å². The minimum Gasteiger partial charge on any atom is -0.459 e. The van der Waals surface area contributed by atoms with E-state index in [2.05, 4.69) is 21.9 Å². The minimum absolute atomic E-state index is 0.00538. The molecule has 2 amide bonds. The number of fused-ring (bicyclic) bond motifs is 1. The molecule has 0 spiro atoms. The van der Waals surface area contributed by atoms with E-state index in [0.29, 0.717) is 18.8 Å². The fourth-order valence-electron chi connectivity index (χ4n) is 2.75. The maximum atomic E-state index is 11.9. The van der Waals surface area contributed by atoms with Gasteiger partial charge in [-0.1, -0.05) is 49.8 Å². The largest absolute Gasteiger partial charge is 0.459 e. The van der Waals surface area contributed by atoms with E-state index in [4.69, 9.17) is 9.47 Å². The highest BCUT2D eigenvalue weighted by molar-refractivity contribution is 5.84. The number of ether oxygens (including phenoxy) is 3. The summed E-state index contributed by atoms with van der Waals surface area (Å²) in [7, 11) is 0. The number of rotatable bonds is 12. The van der Waals surface area contributed by atoms with E-state index in [1.54, 1.807) is 6.07 Å². The van der Waals surface area contributed by atoms with Crippen LogP contribution in [0.4, 0.5) is 9.59 Å². The standard InChI is InChI=1S/C23H28N2O6/c1-2-21(26)29-15-16-30-22(27)24-13-7-3-4-8-14-25-23(28)31-20-12-11-18-9-5-6-10-19(18)17-20/h2,5-6,9-12,17H,1,3-4,7-8,13-16H2,(H,24,27)(H,25,28). The van der Waals surface area contributed by atoms with Gasteiger partial charge in [0.25, 0.3) is 0 Å². The molecule has 0 aliphatic carbocycles. The molecular weight excluding hydrogens is 400 g/mol. The molecule has 8 nitrogen and oxygen atoms in total. The number of alkyl carbamates (subject to hydrolysis) is 1. The van der Waals surface area contributed by atoms with E-state index in [9.17, 15) is 14.4 Å². The number of benzene rings is 2. The summed E-state index contributed by atoms with van der Waals surface area (Å²) in [6.07, 6.45) is 3.44. The van der Waals surface area contributed by atoms with Gasteiger partial charge in [-0.15, -0.1) is 0 Å². The molecule has 0 heterocycles. The van der Waals surface area contributed by atoms with Gasteiger partial charge in [0, 0.05) is 19.2 Å². The Morgan fingerprint density at radius 3 is 2.16 bits per heavy atom. The summed E-state index contributed by atoms with van der Waals surface area (Å²) < 4.78 is 14.9. The first-order valence-corrected chi connectivity index (χ1v) is 10.2. The topological polar surface area (TPSA) is 103 Å². The number of esters is 1. The van der Waals surface area contributed by atoms with Gasteiger partial charge in [-0.05, 0) is 35.7 Å². The molecule has 0 aromatic heterocycles. The molecule has 2 N–H and O–H groups in total. The van der Waals surface area contributed by atoms with Crippen LogP contribution in [0.2, 0.25) is 0 Å². The zero-order chi connectivity index (χ0) is 22.3. The molecule has 2 rings (SSSR count). The second kappa shape index (κ2) is 13.6. The Kier molecular flexibility index (Phi) is 10.4. The summed E-state index contributed by atoms with van der Waals surface area (Å²) in [4.78, 5) is 34.1. The van der Waals surface area contributed by atoms with E-state index in [1.807, 2.05) is 36.4 Å². The van der Waals surface area contributed by atoms with Gasteiger partial charge < -0.3 is 24.8 Å². The fraction of sp³-hybridized carbons (Fsp3) is 0.348. The number of hydrogen-bond donors (Lipinski definition) is 2. The van der Waals surface area contributed by atoms with Crippen LogP contribution in [0.3, 0.4) is 0 Å². The van der Waals surface area contributed by atoms with Crippen molar-refractivity contribution in [1.82, 2.24) is 10.6 Å². The highest BCUT2D eigenvalue weighted by atomic mass is 16.6. The van der Waals surface area contributed by atoms with Gasteiger partial charge in [-0.25, -0.2) is 14.4 Å². The van der Waals surface area contributed by atoms with Crippen LogP contribution in [0, 0.1) is 0 Å². The zero-order valence-electron chi connectivity index (χ0n) is 17.4. The van der Waals surface area contributed by atoms with E-state index in [1.165, 1.54) is 0 Å². The number of carbonyl (C=O) groups is 3. The third kappa shape index (κ3) is 9.66. The zero-order valence-corrected chi connectivity index (χ0v) is 17.4. The summed E-state index contributed by atoms with van der Waals surface area (Å²) in [5.41, 5.74) is 0. The van der Waals surface area contributed by atoms with Crippen LogP contribution < -0.4 is 15.4 Å². The number of nitrogens with one attached hydrogen (secondary N) is 2. The maximum absolute atomic E-state index is 11.9. The second-order valence-electron chi connectivity index (χ2n) is 6.67. The highest BCUT2D eigenvalue weighted by Crippen LogP contribution is 2.20. The smallest absolute Gasteiger partial charge is 0.412 e. The first-order valence-electron chi connectivity index (χ1n) is 10.2. The lowest BCUT2D eigenvalue weighted by Gasteiger charge is -2.08. The molecule has 31 heavy (non-hydrogen) atoms. The summed E-state index contributed by atoms with van der Waals surface area (Å²) >= 11 is 0. The molecule has 0 saturated heterocycles. The minimum atomic E-state index is -0.555.